The smallest absolute Gasteiger partial charge is 0.129 e. The Balaban J connectivity index is 2.05. The topological polar surface area (TPSA) is 49.5 Å². The summed E-state index contributed by atoms with van der Waals surface area (Å²) in [7, 11) is 0. The van der Waals surface area contributed by atoms with Crippen LogP contribution in [-0.4, -0.2) is 29.2 Å². The summed E-state index contributed by atoms with van der Waals surface area (Å²) in [5.74, 6) is -0.261. The maximum Gasteiger partial charge on any atom is 0.129 e. The average molecular weight is 224 g/mol. The summed E-state index contributed by atoms with van der Waals surface area (Å²) in [6.07, 6.45) is 2.30. The zero-order valence-electron chi connectivity index (χ0n) is 9.19. The molecule has 3 N–H and O–H groups in total. The van der Waals surface area contributed by atoms with Crippen LogP contribution in [0.2, 0.25) is 0 Å². The SMILES string of the molecule is Nc1ccc(CN(CCO)C2CC2)c(F)c1. The highest BCUT2D eigenvalue weighted by atomic mass is 19.1. The van der Waals surface area contributed by atoms with Gasteiger partial charge in [0.2, 0.25) is 0 Å². The van der Waals surface area contributed by atoms with Gasteiger partial charge >= 0.3 is 0 Å². The van der Waals surface area contributed by atoms with Gasteiger partial charge in [0.15, 0.2) is 0 Å². The number of rotatable bonds is 5. The van der Waals surface area contributed by atoms with Gasteiger partial charge in [-0.3, -0.25) is 4.90 Å². The molecule has 0 atom stereocenters. The van der Waals surface area contributed by atoms with Gasteiger partial charge in [-0.1, -0.05) is 6.07 Å². The maximum absolute atomic E-state index is 13.6. The highest BCUT2D eigenvalue weighted by molar-refractivity contribution is 5.40. The predicted octanol–water partition coefficient (Wildman–Crippen LogP) is 1.36. The molecule has 1 fully saturated rings. The van der Waals surface area contributed by atoms with E-state index in [0.29, 0.717) is 30.4 Å². The van der Waals surface area contributed by atoms with Gasteiger partial charge in [0.1, 0.15) is 5.82 Å². The van der Waals surface area contributed by atoms with Gasteiger partial charge in [-0.25, -0.2) is 4.39 Å². The number of hydrogen-bond donors (Lipinski definition) is 2. The van der Waals surface area contributed by atoms with Crippen molar-refractivity contribution in [2.75, 3.05) is 18.9 Å². The van der Waals surface area contributed by atoms with Crippen molar-refractivity contribution < 1.29 is 9.50 Å². The molecule has 1 aromatic rings. The molecule has 0 bridgehead atoms. The van der Waals surface area contributed by atoms with Gasteiger partial charge < -0.3 is 10.8 Å². The number of aliphatic hydroxyl groups excluding tert-OH is 1. The van der Waals surface area contributed by atoms with Gasteiger partial charge in [-0.2, -0.15) is 0 Å². The van der Waals surface area contributed by atoms with Crippen molar-refractivity contribution in [3.63, 3.8) is 0 Å². The predicted molar refractivity (Wildman–Crippen MR) is 61.3 cm³/mol. The molecule has 0 spiro atoms. The third-order valence-electron chi connectivity index (χ3n) is 2.90. The van der Waals surface area contributed by atoms with Crippen LogP contribution in [0.5, 0.6) is 0 Å². The van der Waals surface area contributed by atoms with Crippen LogP contribution in [0, 0.1) is 5.82 Å². The first-order chi connectivity index (χ1) is 7.70. The Hall–Kier alpha value is -1.13. The normalized spacial score (nSPS) is 15.7. The lowest BCUT2D eigenvalue weighted by atomic mass is 10.2. The van der Waals surface area contributed by atoms with Crippen molar-refractivity contribution >= 4 is 5.69 Å². The number of nitrogen functional groups attached to an aromatic ring is 1. The molecule has 0 amide bonds. The maximum atomic E-state index is 13.6. The Kier molecular flexibility index (Phi) is 3.41. The number of nitrogens with zero attached hydrogens (tertiary/aromatic N) is 1. The number of benzene rings is 1. The van der Waals surface area contributed by atoms with E-state index in [1.807, 2.05) is 0 Å². The minimum Gasteiger partial charge on any atom is -0.399 e. The summed E-state index contributed by atoms with van der Waals surface area (Å²) >= 11 is 0. The molecule has 2 rings (SSSR count). The molecular weight excluding hydrogens is 207 g/mol. The molecule has 88 valence electrons. The van der Waals surface area contributed by atoms with E-state index < -0.39 is 0 Å². The molecule has 0 unspecified atom stereocenters. The van der Waals surface area contributed by atoms with Gasteiger partial charge in [-0.15, -0.1) is 0 Å². The third-order valence-corrected chi connectivity index (χ3v) is 2.90. The lowest BCUT2D eigenvalue weighted by Gasteiger charge is -2.21. The fourth-order valence-electron chi connectivity index (χ4n) is 1.87. The number of nitrogens with two attached hydrogens (primary N) is 1. The molecule has 1 aromatic carbocycles. The second-order valence-corrected chi connectivity index (χ2v) is 4.28. The van der Waals surface area contributed by atoms with Crippen LogP contribution >= 0.6 is 0 Å². The van der Waals surface area contributed by atoms with Crippen LogP contribution in [0.15, 0.2) is 18.2 Å². The molecular formula is C12H17FN2O. The molecule has 0 radical (unpaired) electrons. The zero-order chi connectivity index (χ0) is 11.5. The minimum atomic E-state index is -0.261. The second-order valence-electron chi connectivity index (χ2n) is 4.28. The Morgan fingerprint density at radius 2 is 2.19 bits per heavy atom. The van der Waals surface area contributed by atoms with Gasteiger partial charge in [-0.05, 0) is 25.0 Å². The van der Waals surface area contributed by atoms with Crippen LogP contribution in [-0.2, 0) is 6.54 Å². The molecule has 1 aliphatic carbocycles. The second kappa shape index (κ2) is 4.80. The summed E-state index contributed by atoms with van der Waals surface area (Å²) in [5, 5.41) is 8.95. The molecule has 16 heavy (non-hydrogen) atoms. The van der Waals surface area contributed by atoms with Crippen molar-refractivity contribution in [3.8, 4) is 0 Å². The molecule has 0 saturated heterocycles. The highest BCUT2D eigenvalue weighted by Crippen LogP contribution is 2.28. The van der Waals surface area contributed by atoms with Crippen LogP contribution in [0.1, 0.15) is 18.4 Å². The molecule has 0 aromatic heterocycles. The molecule has 1 saturated carbocycles. The first kappa shape index (κ1) is 11.4. The van der Waals surface area contributed by atoms with E-state index in [0.717, 1.165) is 12.8 Å². The summed E-state index contributed by atoms with van der Waals surface area (Å²) in [6, 6.07) is 5.29. The standard InChI is InChI=1S/C12H17FN2O/c13-12-7-10(14)2-1-9(12)8-15(5-6-16)11-3-4-11/h1-2,7,11,16H,3-6,8,14H2. The Morgan fingerprint density at radius 3 is 2.75 bits per heavy atom. The molecule has 0 aliphatic heterocycles. The molecule has 3 nitrogen and oxygen atoms in total. The van der Waals surface area contributed by atoms with Crippen molar-refractivity contribution in [3.05, 3.63) is 29.6 Å². The lowest BCUT2D eigenvalue weighted by molar-refractivity contribution is 0.182. The lowest BCUT2D eigenvalue weighted by Crippen LogP contribution is -2.29. The third kappa shape index (κ3) is 2.71. The Bertz CT molecular complexity index is 366. The summed E-state index contributed by atoms with van der Waals surface area (Å²) in [5.41, 5.74) is 6.59. The summed E-state index contributed by atoms with van der Waals surface area (Å²) < 4.78 is 13.6. The molecule has 1 aliphatic rings. The number of anilines is 1. The van der Waals surface area contributed by atoms with Crippen molar-refractivity contribution in [2.45, 2.75) is 25.4 Å². The van der Waals surface area contributed by atoms with E-state index in [1.54, 1.807) is 12.1 Å². The van der Waals surface area contributed by atoms with Gasteiger partial charge in [0.05, 0.1) is 6.61 Å². The highest BCUT2D eigenvalue weighted by Gasteiger charge is 2.28. The van der Waals surface area contributed by atoms with Crippen LogP contribution in [0.25, 0.3) is 0 Å². The summed E-state index contributed by atoms with van der Waals surface area (Å²) in [6.45, 7) is 1.28. The van der Waals surface area contributed by atoms with Gasteiger partial charge in [0.25, 0.3) is 0 Å². The van der Waals surface area contributed by atoms with Gasteiger partial charge in [0, 0.05) is 30.4 Å². The first-order valence-corrected chi connectivity index (χ1v) is 5.59. The quantitative estimate of drug-likeness (QED) is 0.743. The average Bonchev–Trinajstić information content (AvgIpc) is 3.04. The van der Waals surface area contributed by atoms with Crippen molar-refractivity contribution in [1.29, 1.82) is 0 Å². The van der Waals surface area contributed by atoms with Crippen molar-refractivity contribution in [2.24, 2.45) is 0 Å². The first-order valence-electron chi connectivity index (χ1n) is 5.59. The monoisotopic (exact) mass is 224 g/mol. The van der Waals surface area contributed by atoms with E-state index in [-0.39, 0.29) is 12.4 Å². The fraction of sp³-hybridized carbons (Fsp3) is 0.500. The van der Waals surface area contributed by atoms with E-state index in [2.05, 4.69) is 4.90 Å². The molecule has 0 heterocycles. The number of aliphatic hydroxyl groups is 1. The van der Waals surface area contributed by atoms with E-state index in [1.165, 1.54) is 6.07 Å². The van der Waals surface area contributed by atoms with Crippen LogP contribution in [0.4, 0.5) is 10.1 Å². The fourth-order valence-corrected chi connectivity index (χ4v) is 1.87. The number of hydrogen-bond acceptors (Lipinski definition) is 3. The minimum absolute atomic E-state index is 0.118. The van der Waals surface area contributed by atoms with Crippen LogP contribution in [0.3, 0.4) is 0 Å². The zero-order valence-corrected chi connectivity index (χ0v) is 9.19. The summed E-state index contributed by atoms with van der Waals surface area (Å²) in [4.78, 5) is 2.12. The van der Waals surface area contributed by atoms with E-state index >= 15 is 0 Å². The number of halogens is 1. The Morgan fingerprint density at radius 1 is 1.44 bits per heavy atom. The largest absolute Gasteiger partial charge is 0.399 e. The van der Waals surface area contributed by atoms with Crippen LogP contribution < -0.4 is 5.73 Å². The van der Waals surface area contributed by atoms with E-state index in [4.69, 9.17) is 10.8 Å². The van der Waals surface area contributed by atoms with E-state index in [9.17, 15) is 4.39 Å². The molecule has 4 heteroatoms. The van der Waals surface area contributed by atoms with Crippen molar-refractivity contribution in [1.82, 2.24) is 4.90 Å². The Labute approximate surface area is 94.7 Å².